The van der Waals surface area contributed by atoms with Crippen LogP contribution in [0.1, 0.15) is 43.0 Å². The molecule has 1 N–H and O–H groups in total. The van der Waals surface area contributed by atoms with Crippen LogP contribution in [0.15, 0.2) is 66.1 Å². The SMILES string of the molecule is CCc1cccc(CC)c1-n1c(S[C@@H](C)C(=O)Nc2c(C)cccc2C)nnc1-c1cccnc1. The number of carbonyl (C=O) groups is 1. The van der Waals surface area contributed by atoms with Gasteiger partial charge in [0.15, 0.2) is 11.0 Å². The maximum Gasteiger partial charge on any atom is 0.237 e. The zero-order valence-corrected chi connectivity index (χ0v) is 21.7. The molecule has 0 saturated carbocycles. The number of nitrogens with zero attached hydrogens (tertiary/aromatic N) is 4. The lowest BCUT2D eigenvalue weighted by atomic mass is 10.0. The number of aryl methyl sites for hydroxylation is 4. The lowest BCUT2D eigenvalue weighted by Crippen LogP contribution is -2.24. The highest BCUT2D eigenvalue weighted by molar-refractivity contribution is 8.00. The minimum Gasteiger partial charge on any atom is -0.325 e. The van der Waals surface area contributed by atoms with E-state index in [0.29, 0.717) is 5.16 Å². The molecule has 2 aromatic heterocycles. The number of aromatic nitrogens is 4. The van der Waals surface area contributed by atoms with Gasteiger partial charge < -0.3 is 5.32 Å². The molecule has 0 saturated heterocycles. The fourth-order valence-corrected chi connectivity index (χ4v) is 5.03. The predicted octanol–water partition coefficient (Wildman–Crippen LogP) is 6.19. The minimum absolute atomic E-state index is 0.0654. The summed E-state index contributed by atoms with van der Waals surface area (Å²) < 4.78 is 2.10. The second kappa shape index (κ2) is 10.9. The van der Waals surface area contributed by atoms with Gasteiger partial charge in [-0.25, -0.2) is 0 Å². The van der Waals surface area contributed by atoms with E-state index in [-0.39, 0.29) is 11.2 Å². The molecule has 1 atom stereocenters. The van der Waals surface area contributed by atoms with Crippen molar-refractivity contribution >= 4 is 23.4 Å². The summed E-state index contributed by atoms with van der Waals surface area (Å²) >= 11 is 1.41. The highest BCUT2D eigenvalue weighted by Crippen LogP contribution is 2.34. The van der Waals surface area contributed by atoms with Gasteiger partial charge in [-0.1, -0.05) is 62.0 Å². The molecule has 0 bridgehead atoms. The maximum atomic E-state index is 13.2. The van der Waals surface area contributed by atoms with Gasteiger partial charge in [-0.2, -0.15) is 0 Å². The number of amides is 1. The van der Waals surface area contributed by atoms with E-state index in [9.17, 15) is 4.79 Å². The average molecular weight is 486 g/mol. The summed E-state index contributed by atoms with van der Waals surface area (Å²) in [5.41, 5.74) is 7.35. The monoisotopic (exact) mass is 485 g/mol. The van der Waals surface area contributed by atoms with E-state index in [1.807, 2.05) is 51.1 Å². The van der Waals surface area contributed by atoms with E-state index in [1.54, 1.807) is 12.4 Å². The van der Waals surface area contributed by atoms with E-state index >= 15 is 0 Å². The standard InChI is InChI=1S/C28H31N5OS/c1-6-21-13-9-14-22(7-2)25(21)33-26(23-15-10-16-29-17-23)31-32-28(33)35-20(5)27(34)30-24-18(3)11-8-12-19(24)4/h8-17,20H,6-7H2,1-5H3,(H,30,34)/t20-/m0/s1. The average Bonchev–Trinajstić information content (AvgIpc) is 3.28. The third-order valence-corrected chi connectivity index (χ3v) is 7.17. The van der Waals surface area contributed by atoms with E-state index in [1.165, 1.54) is 22.9 Å². The first-order valence-electron chi connectivity index (χ1n) is 11.9. The molecule has 35 heavy (non-hydrogen) atoms. The molecule has 2 aromatic carbocycles. The summed E-state index contributed by atoms with van der Waals surface area (Å²) in [4.78, 5) is 17.5. The third kappa shape index (κ3) is 5.15. The maximum absolute atomic E-state index is 13.2. The van der Waals surface area contributed by atoms with Crippen LogP contribution in [-0.4, -0.2) is 30.9 Å². The normalized spacial score (nSPS) is 11.9. The first-order chi connectivity index (χ1) is 16.9. The first kappa shape index (κ1) is 24.7. The van der Waals surface area contributed by atoms with Gasteiger partial charge >= 0.3 is 0 Å². The highest BCUT2D eigenvalue weighted by Gasteiger charge is 2.24. The van der Waals surface area contributed by atoms with Gasteiger partial charge in [-0.15, -0.1) is 10.2 Å². The predicted molar refractivity (Wildman–Crippen MR) is 143 cm³/mol. The molecule has 4 rings (SSSR count). The zero-order valence-electron chi connectivity index (χ0n) is 20.9. The summed E-state index contributed by atoms with van der Waals surface area (Å²) in [5, 5.41) is 12.5. The smallest absolute Gasteiger partial charge is 0.237 e. The molecular formula is C28H31N5OS. The molecule has 0 fully saturated rings. The largest absolute Gasteiger partial charge is 0.325 e. The van der Waals surface area contributed by atoms with Crippen LogP contribution in [0.25, 0.3) is 17.1 Å². The lowest BCUT2D eigenvalue weighted by Gasteiger charge is -2.19. The number of para-hydroxylation sites is 2. The van der Waals surface area contributed by atoms with Crippen LogP contribution in [-0.2, 0) is 17.6 Å². The molecule has 1 amide bonds. The molecule has 0 spiro atoms. The second-order valence-corrected chi connectivity index (χ2v) is 9.84. The molecule has 6 nitrogen and oxygen atoms in total. The van der Waals surface area contributed by atoms with Gasteiger partial charge in [0, 0.05) is 23.6 Å². The number of pyridine rings is 1. The zero-order chi connectivity index (χ0) is 24.9. The summed E-state index contributed by atoms with van der Waals surface area (Å²) in [5.74, 6) is 0.655. The van der Waals surface area contributed by atoms with E-state index in [0.717, 1.165) is 46.7 Å². The van der Waals surface area contributed by atoms with E-state index in [4.69, 9.17) is 0 Å². The third-order valence-electron chi connectivity index (χ3n) is 6.12. The van der Waals surface area contributed by atoms with Gasteiger partial charge in [0.1, 0.15) is 0 Å². The molecule has 180 valence electrons. The van der Waals surface area contributed by atoms with Crippen molar-refractivity contribution in [3.05, 3.63) is 83.2 Å². The fraction of sp³-hybridized carbons (Fsp3) is 0.286. The van der Waals surface area contributed by atoms with Gasteiger partial charge in [-0.3, -0.25) is 14.3 Å². The number of carbonyl (C=O) groups excluding carboxylic acids is 1. The highest BCUT2D eigenvalue weighted by atomic mass is 32.2. The Hall–Kier alpha value is -3.45. The van der Waals surface area contributed by atoms with Crippen molar-refractivity contribution in [2.45, 2.75) is 57.9 Å². The van der Waals surface area contributed by atoms with E-state index in [2.05, 4.69) is 57.1 Å². The van der Waals surface area contributed by atoms with Gasteiger partial charge in [-0.05, 0) is 68.0 Å². The summed E-state index contributed by atoms with van der Waals surface area (Å²) in [7, 11) is 0. The number of anilines is 1. The van der Waals surface area contributed by atoms with Crippen molar-refractivity contribution in [3.63, 3.8) is 0 Å². The number of thioether (sulfide) groups is 1. The van der Waals surface area contributed by atoms with Crippen LogP contribution >= 0.6 is 11.8 Å². The number of rotatable bonds is 8. The van der Waals surface area contributed by atoms with Crippen molar-refractivity contribution in [2.75, 3.05) is 5.32 Å². The molecule has 0 unspecified atom stereocenters. The van der Waals surface area contributed by atoms with Crippen molar-refractivity contribution in [1.82, 2.24) is 19.7 Å². The number of benzene rings is 2. The minimum atomic E-state index is -0.377. The molecule has 0 aliphatic carbocycles. The van der Waals surface area contributed by atoms with Gasteiger partial charge in [0.2, 0.25) is 5.91 Å². The van der Waals surface area contributed by atoms with Crippen molar-refractivity contribution in [1.29, 1.82) is 0 Å². The first-order valence-corrected chi connectivity index (χ1v) is 12.8. The van der Waals surface area contributed by atoms with Crippen LogP contribution in [0.2, 0.25) is 0 Å². The van der Waals surface area contributed by atoms with Crippen molar-refractivity contribution in [3.8, 4) is 17.1 Å². The molecule has 2 heterocycles. The Labute approximate surface area is 211 Å². The van der Waals surface area contributed by atoms with Crippen LogP contribution in [0, 0.1) is 13.8 Å². The molecule has 0 aliphatic heterocycles. The quantitative estimate of drug-likeness (QED) is 0.301. The van der Waals surface area contributed by atoms with Crippen LogP contribution in [0.3, 0.4) is 0 Å². The van der Waals surface area contributed by atoms with E-state index < -0.39 is 0 Å². The number of nitrogens with one attached hydrogen (secondary N) is 1. The Kier molecular flexibility index (Phi) is 7.66. The molecule has 0 radical (unpaired) electrons. The number of hydrogen-bond donors (Lipinski definition) is 1. The summed E-state index contributed by atoms with van der Waals surface area (Å²) in [6.07, 6.45) is 5.30. The fourth-order valence-electron chi connectivity index (χ4n) is 4.18. The van der Waals surface area contributed by atoms with Crippen LogP contribution < -0.4 is 5.32 Å². The van der Waals surface area contributed by atoms with Crippen molar-refractivity contribution < 1.29 is 4.79 Å². The second-order valence-electron chi connectivity index (χ2n) is 8.53. The topological polar surface area (TPSA) is 72.7 Å². The lowest BCUT2D eigenvalue weighted by molar-refractivity contribution is -0.115. The van der Waals surface area contributed by atoms with Gasteiger partial charge in [0.25, 0.3) is 0 Å². The summed E-state index contributed by atoms with van der Waals surface area (Å²) in [6.45, 7) is 10.2. The molecule has 0 aliphatic rings. The van der Waals surface area contributed by atoms with Crippen LogP contribution in [0.4, 0.5) is 5.69 Å². The van der Waals surface area contributed by atoms with Crippen LogP contribution in [0.5, 0.6) is 0 Å². The Bertz CT molecular complexity index is 1290. The molecule has 4 aromatic rings. The Morgan fingerprint density at radius 3 is 2.23 bits per heavy atom. The molecule has 7 heteroatoms. The Morgan fingerprint density at radius 1 is 0.971 bits per heavy atom. The van der Waals surface area contributed by atoms with Gasteiger partial charge in [0.05, 0.1) is 10.9 Å². The number of hydrogen-bond acceptors (Lipinski definition) is 5. The Morgan fingerprint density at radius 2 is 1.63 bits per heavy atom. The Balaban J connectivity index is 1.75. The summed E-state index contributed by atoms with van der Waals surface area (Å²) in [6, 6.07) is 16.3. The van der Waals surface area contributed by atoms with Crippen molar-refractivity contribution in [2.24, 2.45) is 0 Å². The molecular weight excluding hydrogens is 454 g/mol.